The van der Waals surface area contributed by atoms with Gasteiger partial charge < -0.3 is 10.6 Å². The fraction of sp³-hybridized carbons (Fsp3) is 0.786. The van der Waals surface area contributed by atoms with Crippen molar-refractivity contribution in [3.63, 3.8) is 0 Å². The van der Waals surface area contributed by atoms with E-state index in [1.54, 1.807) is 0 Å². The van der Waals surface area contributed by atoms with Gasteiger partial charge in [-0.2, -0.15) is 0 Å². The minimum Gasteiger partial charge on any atom is -0.339 e. The van der Waals surface area contributed by atoms with Crippen LogP contribution in [0.5, 0.6) is 0 Å². The van der Waals surface area contributed by atoms with Gasteiger partial charge in [0.2, 0.25) is 5.91 Å². The van der Waals surface area contributed by atoms with Crippen LogP contribution >= 0.6 is 0 Å². The molecule has 0 aliphatic heterocycles. The molecule has 0 saturated heterocycles. The molecule has 0 bridgehead atoms. The van der Waals surface area contributed by atoms with Gasteiger partial charge in [0.15, 0.2) is 0 Å². The number of amides is 1. The van der Waals surface area contributed by atoms with Gasteiger partial charge in [-0.1, -0.05) is 31.4 Å². The Morgan fingerprint density at radius 1 is 1.35 bits per heavy atom. The lowest BCUT2D eigenvalue weighted by Crippen LogP contribution is -2.47. The van der Waals surface area contributed by atoms with E-state index in [0.29, 0.717) is 13.0 Å². The van der Waals surface area contributed by atoms with Crippen molar-refractivity contribution in [3.05, 3.63) is 12.2 Å². The van der Waals surface area contributed by atoms with E-state index < -0.39 is 0 Å². The van der Waals surface area contributed by atoms with Crippen molar-refractivity contribution >= 4 is 5.91 Å². The third-order valence-corrected chi connectivity index (χ3v) is 3.55. The smallest absolute Gasteiger partial charge is 0.224 e. The lowest BCUT2D eigenvalue weighted by Gasteiger charge is -2.34. The standard InChI is InChI=1S/C14H26N2O/c1-4-16(11-12(2)3)13(17)10-14(15)8-6-5-7-9-14/h2,4-11,15H2,1,3H3. The summed E-state index contributed by atoms with van der Waals surface area (Å²) < 4.78 is 0. The summed E-state index contributed by atoms with van der Waals surface area (Å²) in [5, 5.41) is 0. The van der Waals surface area contributed by atoms with Gasteiger partial charge >= 0.3 is 0 Å². The molecule has 1 amide bonds. The van der Waals surface area contributed by atoms with Gasteiger partial charge in [-0.25, -0.2) is 0 Å². The van der Waals surface area contributed by atoms with Gasteiger partial charge in [0.25, 0.3) is 0 Å². The Morgan fingerprint density at radius 3 is 2.41 bits per heavy atom. The molecule has 1 aliphatic rings. The van der Waals surface area contributed by atoms with Crippen molar-refractivity contribution in [1.82, 2.24) is 4.90 Å². The van der Waals surface area contributed by atoms with Crippen molar-refractivity contribution in [1.29, 1.82) is 0 Å². The number of nitrogens with zero attached hydrogens (tertiary/aromatic N) is 1. The molecule has 1 fully saturated rings. The first-order valence-electron chi connectivity index (χ1n) is 6.68. The molecule has 0 unspecified atom stereocenters. The van der Waals surface area contributed by atoms with Gasteiger partial charge in [0.05, 0.1) is 0 Å². The molecule has 0 aromatic carbocycles. The summed E-state index contributed by atoms with van der Waals surface area (Å²) in [5.41, 5.74) is 7.08. The van der Waals surface area contributed by atoms with Crippen LogP contribution in [0, 0.1) is 0 Å². The molecule has 98 valence electrons. The average molecular weight is 238 g/mol. The molecule has 1 aliphatic carbocycles. The SMILES string of the molecule is C=C(C)CN(CC)C(=O)CC1(N)CCCCC1. The average Bonchev–Trinajstić information content (AvgIpc) is 2.25. The summed E-state index contributed by atoms with van der Waals surface area (Å²) in [6.45, 7) is 9.22. The van der Waals surface area contributed by atoms with E-state index in [1.807, 2.05) is 18.7 Å². The van der Waals surface area contributed by atoms with Crippen LogP contribution < -0.4 is 5.73 Å². The van der Waals surface area contributed by atoms with Gasteiger partial charge in [0.1, 0.15) is 0 Å². The predicted octanol–water partition coefficient (Wildman–Crippen LogP) is 2.46. The second-order valence-corrected chi connectivity index (χ2v) is 5.46. The molecule has 0 radical (unpaired) electrons. The van der Waals surface area contributed by atoms with E-state index in [9.17, 15) is 4.79 Å². The quantitative estimate of drug-likeness (QED) is 0.748. The molecule has 0 aromatic rings. The van der Waals surface area contributed by atoms with Crippen LogP contribution in [0.3, 0.4) is 0 Å². The Bertz CT molecular complexity index is 280. The first kappa shape index (κ1) is 14.2. The molecule has 0 heterocycles. The Labute approximate surface area is 105 Å². The van der Waals surface area contributed by atoms with Crippen molar-refractivity contribution in [2.75, 3.05) is 13.1 Å². The molecular weight excluding hydrogens is 212 g/mol. The Balaban J connectivity index is 2.53. The molecule has 3 heteroatoms. The van der Waals surface area contributed by atoms with E-state index in [2.05, 4.69) is 6.58 Å². The number of likely N-dealkylation sites (N-methyl/N-ethyl adjacent to an activating group) is 1. The summed E-state index contributed by atoms with van der Waals surface area (Å²) in [6.07, 6.45) is 6.06. The maximum atomic E-state index is 12.2. The first-order chi connectivity index (χ1) is 7.97. The minimum atomic E-state index is -0.252. The molecule has 17 heavy (non-hydrogen) atoms. The van der Waals surface area contributed by atoms with E-state index in [4.69, 9.17) is 5.73 Å². The largest absolute Gasteiger partial charge is 0.339 e. The number of hydrogen-bond donors (Lipinski definition) is 1. The molecule has 0 spiro atoms. The number of rotatable bonds is 5. The highest BCUT2D eigenvalue weighted by Crippen LogP contribution is 2.29. The highest BCUT2D eigenvalue weighted by atomic mass is 16.2. The third-order valence-electron chi connectivity index (χ3n) is 3.55. The van der Waals surface area contributed by atoms with Gasteiger partial charge in [-0.3, -0.25) is 4.79 Å². The summed E-state index contributed by atoms with van der Waals surface area (Å²) in [6, 6.07) is 0. The zero-order chi connectivity index (χ0) is 12.9. The van der Waals surface area contributed by atoms with Gasteiger partial charge in [-0.15, -0.1) is 0 Å². The van der Waals surface area contributed by atoms with Crippen molar-refractivity contribution in [3.8, 4) is 0 Å². The Kier molecular flexibility index (Phi) is 5.19. The van der Waals surface area contributed by atoms with Gasteiger partial charge in [0, 0.05) is 25.0 Å². The zero-order valence-corrected chi connectivity index (χ0v) is 11.3. The third kappa shape index (κ3) is 4.50. The van der Waals surface area contributed by atoms with Crippen LogP contribution in [0.15, 0.2) is 12.2 Å². The van der Waals surface area contributed by atoms with Crippen LogP contribution in [-0.4, -0.2) is 29.4 Å². The van der Waals surface area contributed by atoms with E-state index in [0.717, 1.165) is 37.8 Å². The molecule has 0 atom stereocenters. The second-order valence-electron chi connectivity index (χ2n) is 5.46. The van der Waals surface area contributed by atoms with Crippen LogP contribution in [-0.2, 0) is 4.79 Å². The molecule has 1 saturated carbocycles. The fourth-order valence-electron chi connectivity index (χ4n) is 2.55. The maximum Gasteiger partial charge on any atom is 0.224 e. The minimum absolute atomic E-state index is 0.180. The lowest BCUT2D eigenvalue weighted by molar-refractivity contribution is -0.132. The number of hydrogen-bond acceptors (Lipinski definition) is 2. The predicted molar refractivity (Wildman–Crippen MR) is 71.7 cm³/mol. The van der Waals surface area contributed by atoms with Crippen LogP contribution in [0.4, 0.5) is 0 Å². The second kappa shape index (κ2) is 6.20. The molecule has 2 N–H and O–H groups in total. The topological polar surface area (TPSA) is 46.3 Å². The summed E-state index contributed by atoms with van der Waals surface area (Å²) in [5.74, 6) is 0.180. The number of carbonyl (C=O) groups is 1. The van der Waals surface area contributed by atoms with Crippen LogP contribution in [0.1, 0.15) is 52.4 Å². The van der Waals surface area contributed by atoms with Crippen molar-refractivity contribution in [2.24, 2.45) is 5.73 Å². The monoisotopic (exact) mass is 238 g/mol. The fourth-order valence-corrected chi connectivity index (χ4v) is 2.55. The number of nitrogens with two attached hydrogens (primary N) is 1. The Hall–Kier alpha value is -0.830. The highest BCUT2D eigenvalue weighted by molar-refractivity contribution is 5.77. The molecule has 0 aromatic heterocycles. The number of carbonyl (C=O) groups excluding carboxylic acids is 1. The summed E-state index contributed by atoms with van der Waals surface area (Å²) in [4.78, 5) is 14.0. The Morgan fingerprint density at radius 2 is 1.94 bits per heavy atom. The van der Waals surface area contributed by atoms with E-state index in [-0.39, 0.29) is 11.4 Å². The highest BCUT2D eigenvalue weighted by Gasteiger charge is 2.31. The molecular formula is C14H26N2O. The van der Waals surface area contributed by atoms with Crippen molar-refractivity contribution < 1.29 is 4.79 Å². The first-order valence-corrected chi connectivity index (χ1v) is 6.68. The normalized spacial score (nSPS) is 18.8. The zero-order valence-electron chi connectivity index (χ0n) is 11.3. The molecule has 3 nitrogen and oxygen atoms in total. The summed E-state index contributed by atoms with van der Waals surface area (Å²) in [7, 11) is 0. The lowest BCUT2D eigenvalue weighted by atomic mass is 9.80. The van der Waals surface area contributed by atoms with E-state index in [1.165, 1.54) is 6.42 Å². The van der Waals surface area contributed by atoms with Crippen molar-refractivity contribution in [2.45, 2.75) is 57.9 Å². The van der Waals surface area contributed by atoms with E-state index >= 15 is 0 Å². The molecule has 1 rings (SSSR count). The van der Waals surface area contributed by atoms with Crippen LogP contribution in [0.2, 0.25) is 0 Å². The maximum absolute atomic E-state index is 12.2. The summed E-state index contributed by atoms with van der Waals surface area (Å²) >= 11 is 0. The van der Waals surface area contributed by atoms with Crippen LogP contribution in [0.25, 0.3) is 0 Å². The van der Waals surface area contributed by atoms with Gasteiger partial charge in [-0.05, 0) is 26.7 Å².